The third kappa shape index (κ3) is 2.25. The normalized spacial score (nSPS) is 12.8. The lowest BCUT2D eigenvalue weighted by atomic mass is 10.3. The second kappa shape index (κ2) is 3.21. The number of carbonyl (C=O) groups excluding carboxylic acids is 2. The van der Waals surface area contributed by atoms with E-state index in [0.717, 1.165) is 0 Å². The molecule has 1 unspecified atom stereocenters. The molecular formula is C4H3F3O2. The van der Waals surface area contributed by atoms with Crippen LogP contribution in [0.25, 0.3) is 0 Å². The minimum atomic E-state index is -2.94. The predicted octanol–water partition coefficient (Wildman–Crippen LogP) is 0.359. The third-order valence-electron chi connectivity index (χ3n) is 0.614. The largest absolute Gasteiger partial charge is 0.343 e. The Morgan fingerprint density at radius 3 is 2.00 bits per heavy atom. The van der Waals surface area contributed by atoms with Gasteiger partial charge in [0.05, 0.1) is 0 Å². The van der Waals surface area contributed by atoms with Gasteiger partial charge in [0, 0.05) is 0 Å². The van der Waals surface area contributed by atoms with Gasteiger partial charge in [-0.2, -0.15) is 4.39 Å². The van der Waals surface area contributed by atoms with Crippen LogP contribution in [0.1, 0.15) is 0 Å². The summed E-state index contributed by atoms with van der Waals surface area (Å²) >= 11 is 0. The second-order valence-corrected chi connectivity index (χ2v) is 1.27. The van der Waals surface area contributed by atoms with Gasteiger partial charge >= 0.3 is 6.04 Å². The van der Waals surface area contributed by atoms with Crippen molar-refractivity contribution >= 4 is 11.8 Å². The number of hydrogen-bond acceptors (Lipinski definition) is 2. The molecule has 9 heavy (non-hydrogen) atoms. The molecule has 52 valence electrons. The van der Waals surface area contributed by atoms with Gasteiger partial charge in [0.1, 0.15) is 0 Å². The maximum Gasteiger partial charge on any atom is 0.343 e. The highest BCUT2D eigenvalue weighted by Gasteiger charge is 2.24. The Hall–Kier alpha value is -0.870. The molecule has 0 aliphatic rings. The van der Waals surface area contributed by atoms with E-state index >= 15 is 0 Å². The molecule has 0 aromatic heterocycles. The molecule has 0 aliphatic carbocycles. The lowest BCUT2D eigenvalue weighted by Gasteiger charge is -1.92. The summed E-state index contributed by atoms with van der Waals surface area (Å²) in [4.78, 5) is 19.1. The highest BCUT2D eigenvalue weighted by Crippen LogP contribution is 1.96. The first-order chi connectivity index (χ1) is 4.09. The lowest BCUT2D eigenvalue weighted by molar-refractivity contribution is -0.141. The number of rotatable bonds is 3. The van der Waals surface area contributed by atoms with Crippen molar-refractivity contribution in [1.82, 2.24) is 0 Å². The Balaban J connectivity index is 3.88. The van der Waals surface area contributed by atoms with Crippen LogP contribution in [0.4, 0.5) is 13.2 Å². The van der Waals surface area contributed by atoms with Gasteiger partial charge in [-0.1, -0.05) is 0 Å². The van der Waals surface area contributed by atoms with Crippen molar-refractivity contribution in [3.63, 3.8) is 0 Å². The molecule has 0 saturated heterocycles. The van der Waals surface area contributed by atoms with Crippen LogP contribution in [-0.4, -0.2) is 24.7 Å². The number of ketones is 1. The van der Waals surface area contributed by atoms with Gasteiger partial charge in [0.2, 0.25) is 5.78 Å². The molecule has 0 aromatic carbocycles. The molecule has 0 amide bonds. The topological polar surface area (TPSA) is 34.1 Å². The Kier molecular flexibility index (Phi) is 2.90. The fraction of sp³-hybridized carbons (Fsp3) is 0.500. The average Bonchev–Trinajstić information content (AvgIpc) is 1.84. The van der Waals surface area contributed by atoms with E-state index in [1.807, 2.05) is 0 Å². The van der Waals surface area contributed by atoms with E-state index in [0.29, 0.717) is 0 Å². The summed E-state index contributed by atoms with van der Waals surface area (Å²) in [5, 5.41) is 0. The molecule has 0 aliphatic heterocycles. The van der Waals surface area contributed by atoms with Crippen molar-refractivity contribution < 1.29 is 22.8 Å². The van der Waals surface area contributed by atoms with Crippen molar-refractivity contribution in [2.24, 2.45) is 0 Å². The van der Waals surface area contributed by atoms with E-state index in [4.69, 9.17) is 0 Å². The number of alkyl halides is 2. The Labute approximate surface area is 48.7 Å². The second-order valence-electron chi connectivity index (χ2n) is 1.27. The zero-order valence-corrected chi connectivity index (χ0v) is 4.23. The molecule has 0 N–H and O–H groups in total. The third-order valence-corrected chi connectivity index (χ3v) is 0.614. The van der Waals surface area contributed by atoms with Gasteiger partial charge < -0.3 is 0 Å². The molecule has 0 radical (unpaired) electrons. The smallest absolute Gasteiger partial charge is 0.293 e. The molecule has 5 heteroatoms. The highest BCUT2D eigenvalue weighted by molar-refractivity contribution is 6.01. The van der Waals surface area contributed by atoms with Crippen molar-refractivity contribution in [2.45, 2.75) is 6.17 Å². The van der Waals surface area contributed by atoms with Crippen LogP contribution in [0.15, 0.2) is 0 Å². The molecule has 0 aromatic rings. The molecule has 2 nitrogen and oxygen atoms in total. The fourth-order valence-electron chi connectivity index (χ4n) is 0.194. The molecular weight excluding hydrogens is 137 g/mol. The summed E-state index contributed by atoms with van der Waals surface area (Å²) in [5.41, 5.74) is 0. The van der Waals surface area contributed by atoms with E-state index < -0.39 is 24.7 Å². The minimum Gasteiger partial charge on any atom is -0.293 e. The van der Waals surface area contributed by atoms with Gasteiger partial charge in [-0.05, 0) is 0 Å². The van der Waals surface area contributed by atoms with Crippen molar-refractivity contribution in [1.29, 1.82) is 0 Å². The van der Waals surface area contributed by atoms with Crippen LogP contribution in [-0.2, 0) is 9.59 Å². The quantitative estimate of drug-likeness (QED) is 0.419. The summed E-state index contributed by atoms with van der Waals surface area (Å²) < 4.78 is 33.8. The summed E-state index contributed by atoms with van der Waals surface area (Å²) in [6.07, 6.45) is -2.94. The molecule has 0 rings (SSSR count). The molecule has 1 atom stereocenters. The number of Topliss-reactive ketones (excluding diaryl/α,β-unsaturated/α-hetero) is 1. The van der Waals surface area contributed by atoms with E-state index in [2.05, 4.69) is 0 Å². The van der Waals surface area contributed by atoms with Crippen molar-refractivity contribution in [3.05, 3.63) is 0 Å². The van der Waals surface area contributed by atoms with Gasteiger partial charge in [0.25, 0.3) is 6.17 Å². The van der Waals surface area contributed by atoms with Crippen LogP contribution in [0, 0.1) is 0 Å². The molecule has 0 heterocycles. The molecule has 0 spiro atoms. The standard InChI is InChI=1S/C4H3F3O2/c5-1-2(8)3(6)4(7)9/h3H,1H2. The predicted molar refractivity (Wildman–Crippen MR) is 22.0 cm³/mol. The highest BCUT2D eigenvalue weighted by atomic mass is 19.2. The van der Waals surface area contributed by atoms with Gasteiger partial charge in [-0.25, -0.2) is 8.78 Å². The SMILES string of the molecule is O=C(F)C(F)C(=O)CF. The minimum absolute atomic E-state index is 1.66. The van der Waals surface area contributed by atoms with Gasteiger partial charge in [0.15, 0.2) is 6.67 Å². The van der Waals surface area contributed by atoms with Crippen LogP contribution in [0.3, 0.4) is 0 Å². The van der Waals surface area contributed by atoms with Crippen molar-refractivity contribution in [2.75, 3.05) is 6.67 Å². The number of hydrogen-bond donors (Lipinski definition) is 0. The monoisotopic (exact) mass is 140 g/mol. The first kappa shape index (κ1) is 8.13. The van der Waals surface area contributed by atoms with Crippen LogP contribution in [0.5, 0.6) is 0 Å². The maximum absolute atomic E-state index is 11.6. The van der Waals surface area contributed by atoms with E-state index in [1.165, 1.54) is 0 Å². The maximum atomic E-state index is 11.6. The summed E-state index contributed by atoms with van der Waals surface area (Å²) in [7, 11) is 0. The number of carbonyl (C=O) groups is 2. The van der Waals surface area contributed by atoms with Crippen molar-refractivity contribution in [3.8, 4) is 0 Å². The lowest BCUT2D eigenvalue weighted by Crippen LogP contribution is -2.23. The van der Waals surface area contributed by atoms with Crippen LogP contribution < -0.4 is 0 Å². The van der Waals surface area contributed by atoms with E-state index in [-0.39, 0.29) is 0 Å². The summed E-state index contributed by atoms with van der Waals surface area (Å²) in [6, 6.07) is -2.45. The molecule has 0 bridgehead atoms. The van der Waals surface area contributed by atoms with Gasteiger partial charge in [-0.3, -0.25) is 9.59 Å². The Morgan fingerprint density at radius 2 is 1.89 bits per heavy atom. The Bertz CT molecular complexity index is 134. The summed E-state index contributed by atoms with van der Waals surface area (Å²) in [6.45, 7) is -1.66. The first-order valence-corrected chi connectivity index (χ1v) is 2.01. The Morgan fingerprint density at radius 1 is 1.44 bits per heavy atom. The summed E-state index contributed by atoms with van der Waals surface area (Å²) in [5.74, 6) is -1.68. The molecule has 0 saturated carbocycles. The van der Waals surface area contributed by atoms with E-state index in [1.54, 1.807) is 0 Å². The molecule has 0 fully saturated rings. The van der Waals surface area contributed by atoms with Crippen LogP contribution in [0.2, 0.25) is 0 Å². The average molecular weight is 140 g/mol. The fourth-order valence-corrected chi connectivity index (χ4v) is 0.194. The first-order valence-electron chi connectivity index (χ1n) is 2.01. The zero-order valence-electron chi connectivity index (χ0n) is 4.23. The van der Waals surface area contributed by atoms with Gasteiger partial charge in [-0.15, -0.1) is 0 Å². The van der Waals surface area contributed by atoms with Crippen LogP contribution >= 0.6 is 0 Å². The zero-order chi connectivity index (χ0) is 7.44. The number of halogens is 3. The van der Waals surface area contributed by atoms with E-state index in [9.17, 15) is 22.8 Å².